The minimum absolute atomic E-state index is 0.179. The number of rotatable bonds is 9. The molecule has 0 saturated carbocycles. The maximum atomic E-state index is 13.0. The fraction of sp³-hybridized carbons (Fsp3) is 0.500. The third kappa shape index (κ3) is 5.58. The van der Waals surface area contributed by atoms with Crippen LogP contribution >= 0.6 is 0 Å². The van der Waals surface area contributed by atoms with E-state index in [2.05, 4.69) is 13.5 Å². The average molecular weight is 343 g/mol. The molecule has 1 atom stereocenters. The van der Waals surface area contributed by atoms with E-state index in [1.54, 1.807) is 0 Å². The maximum Gasteiger partial charge on any atom is 0.471 e. The molecule has 1 aromatic carbocycles. The summed E-state index contributed by atoms with van der Waals surface area (Å²) in [5.41, 5.74) is 0.179. The molecule has 0 aliphatic carbocycles. The van der Waals surface area contributed by atoms with E-state index in [0.29, 0.717) is 12.2 Å². The average Bonchev–Trinajstić information content (AvgIpc) is 2.56. The van der Waals surface area contributed by atoms with E-state index in [1.807, 2.05) is 0 Å². The Morgan fingerprint density at radius 1 is 1.25 bits per heavy atom. The topological polar surface area (TPSA) is 29.5 Å². The van der Waals surface area contributed by atoms with Crippen molar-refractivity contribution >= 4 is 11.6 Å². The normalized spacial score (nSPS) is 12.5. The summed E-state index contributed by atoms with van der Waals surface area (Å²) in [5.74, 6) is -1.37. The molecule has 0 bridgehead atoms. The summed E-state index contributed by atoms with van der Waals surface area (Å²) < 4.78 is 44.1. The summed E-state index contributed by atoms with van der Waals surface area (Å²) in [6, 6.07) is 5.26. The van der Waals surface area contributed by atoms with Gasteiger partial charge in [0.25, 0.3) is 0 Å². The number of halogens is 3. The number of carbonyl (C=O) groups excluding carboxylic acids is 1. The van der Waals surface area contributed by atoms with Crippen molar-refractivity contribution in [2.75, 3.05) is 12.0 Å². The first-order chi connectivity index (χ1) is 11.3. The van der Waals surface area contributed by atoms with Gasteiger partial charge in [0.1, 0.15) is 5.75 Å². The molecule has 24 heavy (non-hydrogen) atoms. The lowest BCUT2D eigenvalue weighted by Crippen LogP contribution is -2.46. The van der Waals surface area contributed by atoms with Crippen molar-refractivity contribution in [3.63, 3.8) is 0 Å². The summed E-state index contributed by atoms with van der Waals surface area (Å²) in [4.78, 5) is 12.7. The van der Waals surface area contributed by atoms with E-state index >= 15 is 0 Å². The second-order valence-corrected chi connectivity index (χ2v) is 5.52. The SMILES string of the molecule is C=C[C@H](CCCCCC)N(C(=O)C(F)(F)F)c1ccc(OC)cc1. The first kappa shape index (κ1) is 20.1. The number of benzene rings is 1. The molecule has 0 aliphatic rings. The minimum atomic E-state index is -4.94. The molecule has 0 heterocycles. The fourth-order valence-corrected chi connectivity index (χ4v) is 2.47. The zero-order valence-electron chi connectivity index (χ0n) is 14.1. The Labute approximate surface area is 141 Å². The van der Waals surface area contributed by atoms with Crippen LogP contribution in [0.1, 0.15) is 39.0 Å². The van der Waals surface area contributed by atoms with Crippen LogP contribution in [0.25, 0.3) is 0 Å². The van der Waals surface area contributed by atoms with E-state index in [-0.39, 0.29) is 5.69 Å². The second-order valence-electron chi connectivity index (χ2n) is 5.52. The molecule has 6 heteroatoms. The van der Waals surface area contributed by atoms with Gasteiger partial charge >= 0.3 is 12.1 Å². The molecule has 0 unspecified atom stereocenters. The zero-order valence-corrected chi connectivity index (χ0v) is 14.1. The number of anilines is 1. The molecular weight excluding hydrogens is 319 g/mol. The molecule has 0 radical (unpaired) electrons. The van der Waals surface area contributed by atoms with Crippen LogP contribution in [0.15, 0.2) is 36.9 Å². The van der Waals surface area contributed by atoms with Gasteiger partial charge in [0.15, 0.2) is 0 Å². The zero-order chi connectivity index (χ0) is 18.2. The Kier molecular flexibility index (Phi) is 7.82. The minimum Gasteiger partial charge on any atom is -0.497 e. The monoisotopic (exact) mass is 343 g/mol. The highest BCUT2D eigenvalue weighted by molar-refractivity contribution is 5.98. The third-order valence-electron chi connectivity index (χ3n) is 3.77. The van der Waals surface area contributed by atoms with Crippen molar-refractivity contribution < 1.29 is 22.7 Å². The highest BCUT2D eigenvalue weighted by Gasteiger charge is 2.44. The van der Waals surface area contributed by atoms with Gasteiger partial charge in [-0.15, -0.1) is 6.58 Å². The first-order valence-electron chi connectivity index (χ1n) is 8.02. The number of hydrogen-bond donors (Lipinski definition) is 0. The van der Waals surface area contributed by atoms with Crippen LogP contribution in [-0.4, -0.2) is 25.2 Å². The number of amides is 1. The smallest absolute Gasteiger partial charge is 0.471 e. The van der Waals surface area contributed by atoms with Gasteiger partial charge in [0.05, 0.1) is 13.2 Å². The van der Waals surface area contributed by atoms with Crippen LogP contribution in [0, 0.1) is 0 Å². The molecule has 134 valence electrons. The van der Waals surface area contributed by atoms with E-state index < -0.39 is 18.1 Å². The molecule has 0 fully saturated rings. The van der Waals surface area contributed by atoms with Crippen LogP contribution in [0.3, 0.4) is 0 Å². The molecular formula is C18H24F3NO2. The number of methoxy groups -OCH3 is 1. The summed E-state index contributed by atoms with van der Waals surface area (Å²) >= 11 is 0. The highest BCUT2D eigenvalue weighted by Crippen LogP contribution is 2.29. The summed E-state index contributed by atoms with van der Waals surface area (Å²) in [6.07, 6.45) is 0.601. The Balaban J connectivity index is 3.06. The van der Waals surface area contributed by atoms with Crippen molar-refractivity contribution in [1.29, 1.82) is 0 Å². The van der Waals surface area contributed by atoms with Crippen molar-refractivity contribution in [1.82, 2.24) is 0 Å². The van der Waals surface area contributed by atoms with Crippen molar-refractivity contribution in [2.45, 2.75) is 51.2 Å². The fourth-order valence-electron chi connectivity index (χ4n) is 2.47. The molecule has 3 nitrogen and oxygen atoms in total. The molecule has 1 amide bonds. The summed E-state index contributed by atoms with van der Waals surface area (Å²) in [7, 11) is 1.47. The van der Waals surface area contributed by atoms with Gasteiger partial charge in [-0.1, -0.05) is 38.7 Å². The molecule has 0 aliphatic heterocycles. The Morgan fingerprint density at radius 2 is 1.88 bits per heavy atom. The highest BCUT2D eigenvalue weighted by atomic mass is 19.4. The van der Waals surface area contributed by atoms with E-state index in [1.165, 1.54) is 37.5 Å². The molecule has 1 rings (SSSR count). The number of hydrogen-bond acceptors (Lipinski definition) is 2. The second kappa shape index (κ2) is 9.35. The Hall–Kier alpha value is -1.98. The van der Waals surface area contributed by atoms with Gasteiger partial charge in [-0.2, -0.15) is 13.2 Å². The molecule has 0 spiro atoms. The lowest BCUT2D eigenvalue weighted by molar-refractivity contribution is -0.170. The van der Waals surface area contributed by atoms with Gasteiger partial charge in [-0.3, -0.25) is 9.69 Å². The summed E-state index contributed by atoms with van der Waals surface area (Å²) in [6.45, 7) is 5.68. The summed E-state index contributed by atoms with van der Waals surface area (Å²) in [5, 5.41) is 0. The van der Waals surface area contributed by atoms with E-state index in [9.17, 15) is 18.0 Å². The number of carbonyl (C=O) groups is 1. The van der Waals surface area contributed by atoms with Crippen LogP contribution < -0.4 is 9.64 Å². The lowest BCUT2D eigenvalue weighted by atomic mass is 10.0. The van der Waals surface area contributed by atoms with Crippen LogP contribution in [-0.2, 0) is 4.79 Å². The number of nitrogens with zero attached hydrogens (tertiary/aromatic N) is 1. The van der Waals surface area contributed by atoms with Crippen LogP contribution in [0.4, 0.5) is 18.9 Å². The largest absolute Gasteiger partial charge is 0.497 e. The predicted molar refractivity (Wildman–Crippen MR) is 89.3 cm³/mol. The van der Waals surface area contributed by atoms with Crippen molar-refractivity contribution in [2.24, 2.45) is 0 Å². The molecule has 0 aromatic heterocycles. The van der Waals surface area contributed by atoms with Crippen molar-refractivity contribution in [3.8, 4) is 5.75 Å². The van der Waals surface area contributed by atoms with E-state index in [4.69, 9.17) is 4.74 Å². The standard InChI is InChI=1S/C18H24F3NO2/c1-4-6-7-8-9-14(5-2)22(17(23)18(19,20)21)15-10-12-16(24-3)13-11-15/h5,10-14H,2,4,6-9H2,1,3H3/t14-/m1/s1. The maximum absolute atomic E-state index is 13.0. The molecule has 0 N–H and O–H groups in total. The molecule has 0 saturated heterocycles. The number of alkyl halides is 3. The van der Waals surface area contributed by atoms with Gasteiger partial charge in [-0.05, 0) is 30.7 Å². The Morgan fingerprint density at radius 3 is 2.33 bits per heavy atom. The lowest BCUT2D eigenvalue weighted by Gasteiger charge is -2.30. The van der Waals surface area contributed by atoms with Gasteiger partial charge < -0.3 is 4.74 Å². The predicted octanol–water partition coefficient (Wildman–Crippen LogP) is 5.12. The van der Waals surface area contributed by atoms with Gasteiger partial charge in [0.2, 0.25) is 0 Å². The third-order valence-corrected chi connectivity index (χ3v) is 3.77. The molecule has 1 aromatic rings. The van der Waals surface area contributed by atoms with Gasteiger partial charge in [0, 0.05) is 5.69 Å². The quantitative estimate of drug-likeness (QED) is 0.460. The van der Waals surface area contributed by atoms with Crippen LogP contribution in [0.5, 0.6) is 5.75 Å². The van der Waals surface area contributed by atoms with Crippen molar-refractivity contribution in [3.05, 3.63) is 36.9 Å². The first-order valence-corrected chi connectivity index (χ1v) is 8.02. The number of unbranched alkanes of at least 4 members (excludes halogenated alkanes) is 3. The number of ether oxygens (including phenoxy) is 1. The van der Waals surface area contributed by atoms with Gasteiger partial charge in [-0.25, -0.2) is 0 Å². The van der Waals surface area contributed by atoms with Crippen LogP contribution in [0.2, 0.25) is 0 Å². The van der Waals surface area contributed by atoms with E-state index in [0.717, 1.165) is 30.6 Å². The Bertz CT molecular complexity index is 526.